The Morgan fingerprint density at radius 2 is 2.00 bits per heavy atom. The summed E-state index contributed by atoms with van der Waals surface area (Å²) in [6.07, 6.45) is 1.35. The molecule has 5 nitrogen and oxygen atoms in total. The fourth-order valence-electron chi connectivity index (χ4n) is 2.74. The third-order valence-electron chi connectivity index (χ3n) is 3.84. The van der Waals surface area contributed by atoms with Gasteiger partial charge in [0, 0.05) is 19.1 Å². The van der Waals surface area contributed by atoms with E-state index in [1.165, 1.54) is 16.2 Å². The Labute approximate surface area is 131 Å². The van der Waals surface area contributed by atoms with Crippen molar-refractivity contribution < 1.29 is 14.4 Å². The zero-order valence-corrected chi connectivity index (χ0v) is 13.3. The van der Waals surface area contributed by atoms with Gasteiger partial charge in [-0.1, -0.05) is 11.8 Å². The van der Waals surface area contributed by atoms with Crippen LogP contribution in [0.2, 0.25) is 0 Å². The van der Waals surface area contributed by atoms with E-state index in [9.17, 15) is 14.4 Å². The van der Waals surface area contributed by atoms with Gasteiger partial charge in [-0.15, -0.1) is 11.3 Å². The van der Waals surface area contributed by atoms with Crippen molar-refractivity contribution in [1.82, 2.24) is 9.80 Å². The maximum absolute atomic E-state index is 12.4. The van der Waals surface area contributed by atoms with E-state index in [4.69, 9.17) is 0 Å². The molecule has 0 unspecified atom stereocenters. The van der Waals surface area contributed by atoms with E-state index < -0.39 is 0 Å². The number of amides is 3. The van der Waals surface area contributed by atoms with Gasteiger partial charge in [-0.05, 0) is 36.8 Å². The fraction of sp³-hybridized carbons (Fsp3) is 0.500. The predicted molar refractivity (Wildman–Crippen MR) is 82.7 cm³/mol. The first-order chi connectivity index (χ1) is 10.1. The molecule has 112 valence electrons. The highest BCUT2D eigenvalue weighted by molar-refractivity contribution is 8.14. The fourth-order valence-corrected chi connectivity index (χ4v) is 4.38. The summed E-state index contributed by atoms with van der Waals surface area (Å²) in [6, 6.07) is 1.86. The molecule has 0 aromatic carbocycles. The number of carbonyl (C=O) groups is 3. The highest BCUT2D eigenvalue weighted by atomic mass is 32.2. The molecular weight excluding hydrogens is 308 g/mol. The van der Waals surface area contributed by atoms with E-state index in [2.05, 4.69) is 0 Å². The van der Waals surface area contributed by atoms with E-state index in [0.717, 1.165) is 22.2 Å². The number of imide groups is 1. The first-order valence-electron chi connectivity index (χ1n) is 6.89. The maximum Gasteiger partial charge on any atom is 0.289 e. The number of nitrogens with zero attached hydrogens (tertiary/aromatic N) is 2. The molecule has 3 heterocycles. The summed E-state index contributed by atoms with van der Waals surface area (Å²) in [5.41, 5.74) is 1.10. The zero-order valence-electron chi connectivity index (χ0n) is 11.7. The Balaban J connectivity index is 1.61. The lowest BCUT2D eigenvalue weighted by atomic mass is 10.0. The average Bonchev–Trinajstić information content (AvgIpc) is 3.05. The molecule has 0 spiro atoms. The molecule has 0 saturated carbocycles. The predicted octanol–water partition coefficient (Wildman–Crippen LogP) is 2.36. The molecule has 2 aliphatic heterocycles. The van der Waals surface area contributed by atoms with E-state index >= 15 is 0 Å². The number of thiophene rings is 1. The van der Waals surface area contributed by atoms with Gasteiger partial charge >= 0.3 is 0 Å². The van der Waals surface area contributed by atoms with Crippen LogP contribution in [0.1, 0.15) is 28.1 Å². The van der Waals surface area contributed by atoms with E-state index in [1.807, 2.05) is 23.3 Å². The summed E-state index contributed by atoms with van der Waals surface area (Å²) >= 11 is 2.54. The van der Waals surface area contributed by atoms with Crippen LogP contribution in [0.25, 0.3) is 0 Å². The minimum absolute atomic E-state index is 0.0471. The lowest BCUT2D eigenvalue weighted by molar-refractivity contribution is -0.126. The minimum Gasteiger partial charge on any atom is -0.338 e. The normalized spacial score (nSPS) is 20.4. The number of hydrogen-bond donors (Lipinski definition) is 0. The number of carbonyl (C=O) groups excluding carboxylic acids is 3. The van der Waals surface area contributed by atoms with Crippen LogP contribution in [-0.4, -0.2) is 51.7 Å². The molecule has 1 aromatic rings. The van der Waals surface area contributed by atoms with Crippen molar-refractivity contribution in [3.05, 3.63) is 21.9 Å². The Morgan fingerprint density at radius 1 is 1.29 bits per heavy atom. The molecule has 1 aromatic heterocycles. The Hall–Kier alpha value is -1.34. The Bertz CT molecular complexity index is 575. The molecular formula is C14H16N2O3S2. The standard InChI is InChI=1S/C14H16N2O3S2/c1-9-6-11(20-7-9)13(18)15-4-2-10(3-5-15)16-12(17)8-21-14(16)19/h6-7,10H,2-5,8H2,1H3. The highest BCUT2D eigenvalue weighted by Gasteiger charge is 2.38. The molecule has 7 heteroatoms. The van der Waals surface area contributed by atoms with Crippen molar-refractivity contribution in [2.45, 2.75) is 25.8 Å². The summed E-state index contributed by atoms with van der Waals surface area (Å²) in [6.45, 7) is 3.17. The number of piperidine rings is 1. The SMILES string of the molecule is Cc1csc(C(=O)N2CCC(N3C(=O)CSC3=O)CC2)c1. The molecule has 0 radical (unpaired) electrons. The average molecular weight is 324 g/mol. The second-order valence-electron chi connectivity index (χ2n) is 5.33. The van der Waals surface area contributed by atoms with Gasteiger partial charge in [-0.2, -0.15) is 0 Å². The number of hydrogen-bond acceptors (Lipinski definition) is 5. The first kappa shape index (κ1) is 14.6. The van der Waals surface area contributed by atoms with Gasteiger partial charge in [0.25, 0.3) is 11.1 Å². The summed E-state index contributed by atoms with van der Waals surface area (Å²) in [5.74, 6) is 0.218. The van der Waals surface area contributed by atoms with Gasteiger partial charge in [0.1, 0.15) is 0 Å². The van der Waals surface area contributed by atoms with Crippen LogP contribution >= 0.6 is 23.1 Å². The Kier molecular flexibility index (Phi) is 4.03. The lowest BCUT2D eigenvalue weighted by Gasteiger charge is -2.35. The van der Waals surface area contributed by atoms with E-state index in [-0.39, 0.29) is 28.8 Å². The number of rotatable bonds is 2. The summed E-state index contributed by atoms with van der Waals surface area (Å²) < 4.78 is 0. The number of thioether (sulfide) groups is 1. The molecule has 3 rings (SSSR count). The Morgan fingerprint density at radius 3 is 2.52 bits per heavy atom. The quantitative estimate of drug-likeness (QED) is 0.838. The maximum atomic E-state index is 12.4. The molecule has 0 N–H and O–H groups in total. The van der Waals surface area contributed by atoms with Crippen molar-refractivity contribution in [1.29, 1.82) is 0 Å². The molecule has 3 amide bonds. The number of aryl methyl sites for hydroxylation is 1. The molecule has 0 atom stereocenters. The monoisotopic (exact) mass is 324 g/mol. The summed E-state index contributed by atoms with van der Waals surface area (Å²) in [7, 11) is 0. The van der Waals surface area contributed by atoms with Crippen LogP contribution in [0.3, 0.4) is 0 Å². The molecule has 2 aliphatic rings. The van der Waals surface area contributed by atoms with Crippen LogP contribution in [0.4, 0.5) is 4.79 Å². The van der Waals surface area contributed by atoms with Crippen molar-refractivity contribution in [3.63, 3.8) is 0 Å². The molecule has 21 heavy (non-hydrogen) atoms. The van der Waals surface area contributed by atoms with Crippen molar-refractivity contribution in [3.8, 4) is 0 Å². The third kappa shape index (κ3) is 2.85. The lowest BCUT2D eigenvalue weighted by Crippen LogP contribution is -2.48. The van der Waals surface area contributed by atoms with Gasteiger partial charge in [0.05, 0.1) is 10.6 Å². The van der Waals surface area contributed by atoms with Gasteiger partial charge in [0.2, 0.25) is 5.91 Å². The van der Waals surface area contributed by atoms with Crippen LogP contribution in [0.5, 0.6) is 0 Å². The molecule has 2 fully saturated rings. The molecule has 0 bridgehead atoms. The van der Waals surface area contributed by atoms with Crippen LogP contribution in [0.15, 0.2) is 11.4 Å². The minimum atomic E-state index is -0.140. The van der Waals surface area contributed by atoms with Gasteiger partial charge in [0.15, 0.2) is 0 Å². The van der Waals surface area contributed by atoms with Crippen molar-refractivity contribution in [2.75, 3.05) is 18.8 Å². The highest BCUT2D eigenvalue weighted by Crippen LogP contribution is 2.27. The van der Waals surface area contributed by atoms with E-state index in [0.29, 0.717) is 25.9 Å². The first-order valence-corrected chi connectivity index (χ1v) is 8.76. The smallest absolute Gasteiger partial charge is 0.289 e. The van der Waals surface area contributed by atoms with Crippen LogP contribution in [-0.2, 0) is 4.79 Å². The van der Waals surface area contributed by atoms with Crippen LogP contribution < -0.4 is 0 Å². The van der Waals surface area contributed by atoms with Crippen molar-refractivity contribution >= 4 is 40.2 Å². The zero-order chi connectivity index (χ0) is 15.0. The molecule has 0 aliphatic carbocycles. The van der Waals surface area contributed by atoms with Gasteiger partial charge < -0.3 is 4.90 Å². The second-order valence-corrected chi connectivity index (χ2v) is 7.17. The summed E-state index contributed by atoms with van der Waals surface area (Å²) in [5, 5.41) is 1.83. The molecule has 2 saturated heterocycles. The van der Waals surface area contributed by atoms with Gasteiger partial charge in [-0.25, -0.2) is 0 Å². The second kappa shape index (κ2) is 5.81. The van der Waals surface area contributed by atoms with Gasteiger partial charge in [-0.3, -0.25) is 19.3 Å². The topological polar surface area (TPSA) is 57.7 Å². The van der Waals surface area contributed by atoms with Crippen LogP contribution in [0, 0.1) is 6.92 Å². The summed E-state index contributed by atoms with van der Waals surface area (Å²) in [4.78, 5) is 39.8. The number of likely N-dealkylation sites (tertiary alicyclic amines) is 1. The largest absolute Gasteiger partial charge is 0.338 e. The van der Waals surface area contributed by atoms with E-state index in [1.54, 1.807) is 0 Å². The van der Waals surface area contributed by atoms with Crippen molar-refractivity contribution in [2.24, 2.45) is 0 Å². The third-order valence-corrected chi connectivity index (χ3v) is 5.71.